The van der Waals surface area contributed by atoms with Crippen molar-refractivity contribution in [3.05, 3.63) is 52.6 Å². The first kappa shape index (κ1) is 8.72. The molecule has 0 saturated heterocycles. The van der Waals surface area contributed by atoms with Gasteiger partial charge in [0, 0.05) is 0 Å². The van der Waals surface area contributed by atoms with Gasteiger partial charge < -0.3 is 0 Å². The summed E-state index contributed by atoms with van der Waals surface area (Å²) in [4.78, 5) is 0. The lowest BCUT2D eigenvalue weighted by Crippen LogP contribution is -1.95. The van der Waals surface area contributed by atoms with E-state index in [1.807, 2.05) is 0 Å². The van der Waals surface area contributed by atoms with Crippen LogP contribution in [-0.2, 0) is 6.42 Å². The third-order valence-electron chi connectivity index (χ3n) is 3.44. The van der Waals surface area contributed by atoms with Crippen LogP contribution in [0.5, 0.6) is 0 Å². The molecule has 0 unspecified atom stereocenters. The van der Waals surface area contributed by atoms with Crippen molar-refractivity contribution in [2.75, 3.05) is 0 Å². The fourth-order valence-corrected chi connectivity index (χ4v) is 2.49. The standard InChI is InChI=1S/C15H14/c1-10-9-13-7-3-5-12-6-4-8-14(11(10)2)15(12)13/h3-4,6-9H,5H2,1-2H3. The summed E-state index contributed by atoms with van der Waals surface area (Å²) in [7, 11) is 0. The molecule has 2 aromatic carbocycles. The predicted octanol–water partition coefficient (Wildman–Crippen LogP) is 4.03. The lowest BCUT2D eigenvalue weighted by molar-refractivity contribution is 1.28. The van der Waals surface area contributed by atoms with E-state index in [0.717, 1.165) is 6.42 Å². The Kier molecular flexibility index (Phi) is 1.72. The van der Waals surface area contributed by atoms with Gasteiger partial charge >= 0.3 is 0 Å². The van der Waals surface area contributed by atoms with Crippen molar-refractivity contribution in [2.45, 2.75) is 20.3 Å². The summed E-state index contributed by atoms with van der Waals surface area (Å²) in [6.07, 6.45) is 5.58. The van der Waals surface area contributed by atoms with Gasteiger partial charge in [-0.3, -0.25) is 0 Å². The summed E-state index contributed by atoms with van der Waals surface area (Å²) in [6.45, 7) is 4.41. The first-order valence-corrected chi connectivity index (χ1v) is 5.46. The average Bonchev–Trinajstić information content (AvgIpc) is 2.26. The van der Waals surface area contributed by atoms with Gasteiger partial charge in [0.15, 0.2) is 0 Å². The number of allylic oxidation sites excluding steroid dienone is 1. The van der Waals surface area contributed by atoms with E-state index in [9.17, 15) is 0 Å². The van der Waals surface area contributed by atoms with Crippen molar-refractivity contribution in [1.82, 2.24) is 0 Å². The first-order valence-electron chi connectivity index (χ1n) is 5.46. The van der Waals surface area contributed by atoms with Crippen LogP contribution >= 0.6 is 0 Å². The maximum atomic E-state index is 2.30. The van der Waals surface area contributed by atoms with E-state index in [1.54, 1.807) is 0 Å². The van der Waals surface area contributed by atoms with Crippen LogP contribution in [0.4, 0.5) is 0 Å². The zero-order chi connectivity index (χ0) is 10.4. The van der Waals surface area contributed by atoms with Gasteiger partial charge in [0.2, 0.25) is 0 Å². The van der Waals surface area contributed by atoms with E-state index in [0.29, 0.717) is 0 Å². The predicted molar refractivity (Wildman–Crippen MR) is 66.2 cm³/mol. The third-order valence-corrected chi connectivity index (χ3v) is 3.44. The van der Waals surface area contributed by atoms with Crippen LogP contribution in [-0.4, -0.2) is 0 Å². The SMILES string of the molecule is Cc1cc2c3c(cccc3c1C)CC=C2. The van der Waals surface area contributed by atoms with Crippen LogP contribution in [0.1, 0.15) is 22.3 Å². The van der Waals surface area contributed by atoms with Gasteiger partial charge in [-0.15, -0.1) is 0 Å². The number of aryl methyl sites for hydroxylation is 2. The van der Waals surface area contributed by atoms with Crippen LogP contribution in [0.15, 0.2) is 30.3 Å². The summed E-state index contributed by atoms with van der Waals surface area (Å²) >= 11 is 0. The van der Waals surface area contributed by atoms with Crippen molar-refractivity contribution in [1.29, 1.82) is 0 Å². The Hall–Kier alpha value is -1.56. The fraction of sp³-hybridized carbons (Fsp3) is 0.200. The Morgan fingerprint density at radius 1 is 1.13 bits per heavy atom. The molecule has 3 rings (SSSR count). The fourth-order valence-electron chi connectivity index (χ4n) is 2.49. The van der Waals surface area contributed by atoms with E-state index in [2.05, 4.69) is 50.3 Å². The topological polar surface area (TPSA) is 0 Å². The second-order valence-electron chi connectivity index (χ2n) is 4.35. The molecule has 0 heteroatoms. The van der Waals surface area contributed by atoms with E-state index < -0.39 is 0 Å². The molecule has 0 aliphatic heterocycles. The molecule has 0 spiro atoms. The molecule has 0 nitrogen and oxygen atoms in total. The number of benzene rings is 2. The van der Waals surface area contributed by atoms with E-state index in [4.69, 9.17) is 0 Å². The molecular formula is C15H14. The Bertz CT molecular complexity index is 574. The second kappa shape index (κ2) is 2.96. The molecule has 2 aromatic rings. The maximum Gasteiger partial charge on any atom is -0.00734 e. The van der Waals surface area contributed by atoms with Gasteiger partial charge in [-0.2, -0.15) is 0 Å². The Balaban J connectivity index is 2.57. The average molecular weight is 194 g/mol. The van der Waals surface area contributed by atoms with Crippen LogP contribution in [0, 0.1) is 13.8 Å². The molecular weight excluding hydrogens is 180 g/mol. The van der Waals surface area contributed by atoms with E-state index in [-0.39, 0.29) is 0 Å². The molecule has 1 aliphatic carbocycles. The quantitative estimate of drug-likeness (QED) is 0.594. The minimum Gasteiger partial charge on any atom is -0.0795 e. The highest BCUT2D eigenvalue weighted by atomic mass is 14.1. The largest absolute Gasteiger partial charge is 0.0795 e. The van der Waals surface area contributed by atoms with Crippen molar-refractivity contribution >= 4 is 16.8 Å². The highest BCUT2D eigenvalue weighted by Gasteiger charge is 2.10. The molecule has 15 heavy (non-hydrogen) atoms. The molecule has 0 atom stereocenters. The molecule has 0 saturated carbocycles. The van der Waals surface area contributed by atoms with Crippen LogP contribution in [0.2, 0.25) is 0 Å². The molecule has 1 aliphatic rings. The lowest BCUT2D eigenvalue weighted by atomic mass is 9.89. The van der Waals surface area contributed by atoms with Crippen LogP contribution in [0.3, 0.4) is 0 Å². The van der Waals surface area contributed by atoms with Crippen molar-refractivity contribution in [3.63, 3.8) is 0 Å². The van der Waals surface area contributed by atoms with Gasteiger partial charge in [0.05, 0.1) is 0 Å². The first-order chi connectivity index (χ1) is 7.27. The minimum atomic E-state index is 1.08. The number of hydrogen-bond acceptors (Lipinski definition) is 0. The highest BCUT2D eigenvalue weighted by Crippen LogP contribution is 2.32. The normalized spacial score (nSPS) is 13.5. The third kappa shape index (κ3) is 1.14. The Morgan fingerprint density at radius 3 is 2.87 bits per heavy atom. The van der Waals surface area contributed by atoms with Crippen molar-refractivity contribution in [2.24, 2.45) is 0 Å². The van der Waals surface area contributed by atoms with Crippen molar-refractivity contribution < 1.29 is 0 Å². The minimum absolute atomic E-state index is 1.08. The monoisotopic (exact) mass is 194 g/mol. The summed E-state index contributed by atoms with van der Waals surface area (Å²) in [5, 5.41) is 2.88. The summed E-state index contributed by atoms with van der Waals surface area (Å²) < 4.78 is 0. The summed E-state index contributed by atoms with van der Waals surface area (Å²) in [5.41, 5.74) is 5.66. The molecule has 0 bridgehead atoms. The van der Waals surface area contributed by atoms with Gasteiger partial charge in [-0.1, -0.05) is 36.4 Å². The summed E-state index contributed by atoms with van der Waals surface area (Å²) in [5.74, 6) is 0. The maximum absolute atomic E-state index is 2.30. The lowest BCUT2D eigenvalue weighted by Gasteiger charge is -2.16. The van der Waals surface area contributed by atoms with Gasteiger partial charge in [-0.05, 0) is 53.3 Å². The van der Waals surface area contributed by atoms with Gasteiger partial charge in [-0.25, -0.2) is 0 Å². The van der Waals surface area contributed by atoms with Gasteiger partial charge in [0.1, 0.15) is 0 Å². The van der Waals surface area contributed by atoms with Crippen LogP contribution in [0.25, 0.3) is 16.8 Å². The van der Waals surface area contributed by atoms with E-state index >= 15 is 0 Å². The zero-order valence-corrected chi connectivity index (χ0v) is 9.17. The number of hydrogen-bond donors (Lipinski definition) is 0. The zero-order valence-electron chi connectivity index (χ0n) is 9.17. The molecule has 0 amide bonds. The molecule has 0 radical (unpaired) electrons. The molecule has 0 N–H and O–H groups in total. The molecule has 0 fully saturated rings. The Labute approximate surface area is 90.2 Å². The van der Waals surface area contributed by atoms with E-state index in [1.165, 1.54) is 33.0 Å². The van der Waals surface area contributed by atoms with Crippen LogP contribution < -0.4 is 0 Å². The molecule has 74 valence electrons. The molecule has 0 aromatic heterocycles. The molecule has 0 heterocycles. The van der Waals surface area contributed by atoms with Gasteiger partial charge in [0.25, 0.3) is 0 Å². The summed E-state index contributed by atoms with van der Waals surface area (Å²) in [6, 6.07) is 8.96. The highest BCUT2D eigenvalue weighted by molar-refractivity contribution is 5.97. The van der Waals surface area contributed by atoms with Crippen molar-refractivity contribution in [3.8, 4) is 0 Å². The second-order valence-corrected chi connectivity index (χ2v) is 4.35. The Morgan fingerprint density at radius 2 is 2.00 bits per heavy atom. The number of rotatable bonds is 0. The smallest absolute Gasteiger partial charge is 0.00734 e.